The molecule has 0 saturated heterocycles. The molecule has 1 aliphatic heterocycles. The fraction of sp³-hybridized carbons (Fsp3) is 0.0192. The smallest absolute Gasteiger partial charge is 0.160 e. The van der Waals surface area contributed by atoms with Crippen molar-refractivity contribution >= 4 is 22.6 Å². The van der Waals surface area contributed by atoms with Crippen LogP contribution in [0.15, 0.2) is 211 Å². The summed E-state index contributed by atoms with van der Waals surface area (Å²) in [5.41, 5.74) is 15.3. The predicted molar refractivity (Wildman–Crippen MR) is 226 cm³/mol. The molecule has 0 radical (unpaired) electrons. The van der Waals surface area contributed by atoms with E-state index < -0.39 is 0 Å². The Morgan fingerprint density at radius 1 is 0.345 bits per heavy atom. The maximum atomic E-state index is 5.45. The summed E-state index contributed by atoms with van der Waals surface area (Å²) in [5.74, 6) is 0.762. The highest BCUT2D eigenvalue weighted by molar-refractivity contribution is 6.19. The third-order valence-electron chi connectivity index (χ3n) is 10.6. The van der Waals surface area contributed by atoms with Crippen LogP contribution < -0.4 is 10.4 Å². The second kappa shape index (κ2) is 14.0. The highest BCUT2D eigenvalue weighted by Crippen LogP contribution is 2.40. The molecule has 7 aromatic carbocycles. The summed E-state index contributed by atoms with van der Waals surface area (Å²) in [6.07, 6.45) is 2.31. The maximum absolute atomic E-state index is 5.45. The summed E-state index contributed by atoms with van der Waals surface area (Å²) < 4.78 is 0. The zero-order valence-electron chi connectivity index (χ0n) is 30.0. The standard InChI is InChI=1S/C52H35N3/c1-5-15-37(16-6-1)47-34-48(55-52(54-47)42-21-11-4-12-22-42)39-31-27-36(28-32-39)35-25-29-38(30-26-35)46-33-45-43-23-13-14-24-44(43)49(40-17-7-2-8-18-40)50(45)51(53-46)41-19-9-3-10-20-41/h1-34,50H. The zero-order valence-corrected chi connectivity index (χ0v) is 30.0. The quantitative estimate of drug-likeness (QED) is 0.166. The van der Waals surface area contributed by atoms with Crippen LogP contribution in [0.1, 0.15) is 16.7 Å². The van der Waals surface area contributed by atoms with Crippen LogP contribution in [-0.2, 0) is 0 Å². The van der Waals surface area contributed by atoms with Crippen LogP contribution in [0.25, 0.3) is 61.9 Å². The number of aliphatic imine (C=N–C) groups is 1. The van der Waals surface area contributed by atoms with Gasteiger partial charge in [0.1, 0.15) is 0 Å². The monoisotopic (exact) mass is 701 g/mol. The molecule has 0 spiro atoms. The van der Waals surface area contributed by atoms with Gasteiger partial charge in [-0.1, -0.05) is 194 Å². The lowest BCUT2D eigenvalue weighted by molar-refractivity contribution is 1.17. The Hall–Kier alpha value is -7.23. The Morgan fingerprint density at radius 3 is 1.36 bits per heavy atom. The van der Waals surface area contributed by atoms with Crippen LogP contribution in [0.4, 0.5) is 0 Å². The molecule has 2 aliphatic rings. The first-order valence-corrected chi connectivity index (χ1v) is 18.7. The van der Waals surface area contributed by atoms with Crippen LogP contribution in [0.3, 0.4) is 0 Å². The molecule has 8 aromatic rings. The van der Waals surface area contributed by atoms with E-state index in [0.29, 0.717) is 5.82 Å². The number of fused-ring (bicyclic) bond motifs is 2. The second-order valence-corrected chi connectivity index (χ2v) is 14.0. The minimum Gasteiger partial charge on any atom is -0.251 e. The van der Waals surface area contributed by atoms with E-state index in [1.165, 1.54) is 27.1 Å². The topological polar surface area (TPSA) is 38.1 Å². The molecule has 1 atom stereocenters. The van der Waals surface area contributed by atoms with E-state index in [-0.39, 0.29) is 5.92 Å². The van der Waals surface area contributed by atoms with Crippen molar-refractivity contribution in [2.24, 2.45) is 10.9 Å². The molecule has 0 N–H and O–H groups in total. The SMILES string of the molecule is C1=C(c2ccc(-c3ccc(-c4cc(-c5ccccc5)nc(-c5ccccc5)n4)cc3)cc2)N=C(c2ccccc2)C2C1=c1ccccc1=C2c1ccccc1. The van der Waals surface area contributed by atoms with Crippen molar-refractivity contribution in [1.82, 2.24) is 9.97 Å². The molecule has 55 heavy (non-hydrogen) atoms. The first-order valence-electron chi connectivity index (χ1n) is 18.7. The van der Waals surface area contributed by atoms with E-state index in [4.69, 9.17) is 15.0 Å². The minimum absolute atomic E-state index is 0.0474. The van der Waals surface area contributed by atoms with Crippen molar-refractivity contribution in [3.05, 3.63) is 233 Å². The number of allylic oxidation sites excluding steroid dienone is 1. The molecule has 0 bridgehead atoms. The summed E-state index contributed by atoms with van der Waals surface area (Å²) in [6, 6.07) is 70.3. The Bertz CT molecular complexity index is 2800. The molecule has 3 heteroatoms. The van der Waals surface area contributed by atoms with Gasteiger partial charge in [-0.15, -0.1) is 0 Å². The molecule has 0 amide bonds. The van der Waals surface area contributed by atoms with Crippen molar-refractivity contribution in [2.75, 3.05) is 0 Å². The van der Waals surface area contributed by atoms with Crippen molar-refractivity contribution in [1.29, 1.82) is 0 Å². The van der Waals surface area contributed by atoms with E-state index in [9.17, 15) is 0 Å². The average molecular weight is 702 g/mol. The van der Waals surface area contributed by atoms with E-state index in [1.54, 1.807) is 0 Å². The molecule has 1 unspecified atom stereocenters. The van der Waals surface area contributed by atoms with E-state index in [2.05, 4.69) is 170 Å². The molecule has 1 aromatic heterocycles. The first kappa shape index (κ1) is 32.4. The Labute approximate surface area is 320 Å². The van der Waals surface area contributed by atoms with Gasteiger partial charge in [0.25, 0.3) is 0 Å². The number of hydrogen-bond acceptors (Lipinski definition) is 3. The molecule has 0 saturated carbocycles. The van der Waals surface area contributed by atoms with Crippen LogP contribution >= 0.6 is 0 Å². The lowest BCUT2D eigenvalue weighted by atomic mass is 9.81. The largest absolute Gasteiger partial charge is 0.251 e. The number of aromatic nitrogens is 2. The molecule has 0 fully saturated rings. The van der Waals surface area contributed by atoms with Gasteiger partial charge in [0.15, 0.2) is 5.82 Å². The van der Waals surface area contributed by atoms with Crippen molar-refractivity contribution in [3.8, 4) is 45.0 Å². The number of nitrogens with zero attached hydrogens (tertiary/aromatic N) is 3. The molecule has 258 valence electrons. The van der Waals surface area contributed by atoms with Gasteiger partial charge in [0.05, 0.1) is 28.7 Å². The predicted octanol–water partition coefficient (Wildman–Crippen LogP) is 10.7. The Morgan fingerprint density at radius 2 is 0.782 bits per heavy atom. The van der Waals surface area contributed by atoms with Gasteiger partial charge < -0.3 is 0 Å². The summed E-state index contributed by atoms with van der Waals surface area (Å²) >= 11 is 0. The van der Waals surface area contributed by atoms with E-state index in [1.807, 2.05) is 36.4 Å². The highest BCUT2D eigenvalue weighted by atomic mass is 14.9. The van der Waals surface area contributed by atoms with Crippen LogP contribution in [0.2, 0.25) is 0 Å². The Balaban J connectivity index is 1.00. The Kier molecular flexibility index (Phi) is 8.23. The fourth-order valence-electron chi connectivity index (χ4n) is 7.92. The molecule has 2 heterocycles. The zero-order chi connectivity index (χ0) is 36.6. The van der Waals surface area contributed by atoms with Crippen LogP contribution in [0, 0.1) is 5.92 Å². The lowest BCUT2D eigenvalue weighted by Gasteiger charge is -2.26. The maximum Gasteiger partial charge on any atom is 0.160 e. The molecular formula is C52H35N3. The number of benzene rings is 7. The van der Waals surface area contributed by atoms with Crippen molar-refractivity contribution < 1.29 is 0 Å². The lowest BCUT2D eigenvalue weighted by Crippen LogP contribution is -2.23. The van der Waals surface area contributed by atoms with E-state index >= 15 is 0 Å². The minimum atomic E-state index is 0.0474. The molecule has 1 aliphatic carbocycles. The normalized spacial score (nSPS) is 14.5. The highest BCUT2D eigenvalue weighted by Gasteiger charge is 2.34. The molecular weight excluding hydrogens is 667 g/mol. The molecule has 10 rings (SSSR count). The third-order valence-corrected chi connectivity index (χ3v) is 10.6. The third kappa shape index (κ3) is 6.12. The van der Waals surface area contributed by atoms with Gasteiger partial charge in [-0.25, -0.2) is 9.97 Å². The summed E-state index contributed by atoms with van der Waals surface area (Å²) in [4.78, 5) is 15.4. The molecule has 3 nitrogen and oxygen atoms in total. The van der Waals surface area contributed by atoms with E-state index in [0.717, 1.165) is 61.7 Å². The summed E-state index contributed by atoms with van der Waals surface area (Å²) in [5, 5.41) is 2.56. The number of hydrogen-bond donors (Lipinski definition) is 0. The second-order valence-electron chi connectivity index (χ2n) is 14.0. The first-order chi connectivity index (χ1) is 27.3. The van der Waals surface area contributed by atoms with Gasteiger partial charge in [0.2, 0.25) is 0 Å². The number of rotatable bonds is 7. The average Bonchev–Trinajstić information content (AvgIpc) is 3.61. The van der Waals surface area contributed by atoms with Gasteiger partial charge in [-0.05, 0) is 56.0 Å². The van der Waals surface area contributed by atoms with Crippen molar-refractivity contribution in [3.63, 3.8) is 0 Å². The summed E-state index contributed by atoms with van der Waals surface area (Å²) in [6.45, 7) is 0. The van der Waals surface area contributed by atoms with Crippen molar-refractivity contribution in [2.45, 2.75) is 0 Å². The van der Waals surface area contributed by atoms with Crippen LogP contribution in [0.5, 0.6) is 0 Å². The van der Waals surface area contributed by atoms with Gasteiger partial charge in [-0.2, -0.15) is 0 Å². The van der Waals surface area contributed by atoms with Gasteiger partial charge in [0, 0.05) is 22.3 Å². The van der Waals surface area contributed by atoms with Gasteiger partial charge >= 0.3 is 0 Å². The van der Waals surface area contributed by atoms with Crippen LogP contribution in [-0.4, -0.2) is 15.7 Å². The van der Waals surface area contributed by atoms with Gasteiger partial charge in [-0.3, -0.25) is 4.99 Å². The summed E-state index contributed by atoms with van der Waals surface area (Å²) in [7, 11) is 0. The fourth-order valence-corrected chi connectivity index (χ4v) is 7.92.